The Morgan fingerprint density at radius 1 is 1.19 bits per heavy atom. The molecule has 0 aliphatic heterocycles. The van der Waals surface area contributed by atoms with Crippen molar-refractivity contribution in [3.63, 3.8) is 0 Å². The lowest BCUT2D eigenvalue weighted by Crippen LogP contribution is -2.29. The minimum absolute atomic E-state index is 0.316. The van der Waals surface area contributed by atoms with Gasteiger partial charge < -0.3 is 15.3 Å². The lowest BCUT2D eigenvalue weighted by molar-refractivity contribution is 0.0895. The Morgan fingerprint density at radius 3 is 2.72 bits per heavy atom. The van der Waals surface area contributed by atoms with Gasteiger partial charge in [-0.2, -0.15) is 0 Å². The van der Waals surface area contributed by atoms with Crippen molar-refractivity contribution in [2.24, 2.45) is 0 Å². The first-order chi connectivity index (χ1) is 15.3. The van der Waals surface area contributed by atoms with Crippen molar-refractivity contribution in [3.05, 3.63) is 59.8 Å². The van der Waals surface area contributed by atoms with Crippen molar-refractivity contribution in [3.8, 4) is 0 Å². The molecule has 4 rings (SSSR count). The van der Waals surface area contributed by atoms with E-state index in [-0.39, 0.29) is 0 Å². The van der Waals surface area contributed by atoms with Gasteiger partial charge in [-0.05, 0) is 50.5 Å². The minimum atomic E-state index is -3.43. The van der Waals surface area contributed by atoms with E-state index in [4.69, 9.17) is 4.84 Å². The first kappa shape index (κ1) is 22.6. The molecule has 1 atom stereocenters. The molecule has 1 saturated carbocycles. The summed E-state index contributed by atoms with van der Waals surface area (Å²) in [5.41, 5.74) is 3.15. The van der Waals surface area contributed by atoms with Crippen LogP contribution in [0.3, 0.4) is 0 Å². The summed E-state index contributed by atoms with van der Waals surface area (Å²) in [6.45, 7) is 4.48. The van der Waals surface area contributed by atoms with Gasteiger partial charge in [0.1, 0.15) is 12.1 Å². The molecule has 3 N–H and O–H groups in total. The van der Waals surface area contributed by atoms with Gasteiger partial charge in [0.2, 0.25) is 10.0 Å². The Balaban J connectivity index is 1.28. The predicted molar refractivity (Wildman–Crippen MR) is 125 cm³/mol. The highest BCUT2D eigenvalue weighted by Gasteiger charge is 2.29. The number of benzene rings is 2. The summed E-state index contributed by atoms with van der Waals surface area (Å²) >= 11 is 0. The standard InChI is InChI=1S/C23H30N4O4S/c1-16(2)32(29,30)26-19-7-5-6-18(14-19)22(28)15-24-12-13-31-27-21-9-4-3-8-20(21)23(25-27)17-10-11-17/h3-9,14,16-17,22,24,26,28H,10-13,15H2,1-2H3. The number of hydrogen-bond acceptors (Lipinski definition) is 6. The third-order valence-electron chi connectivity index (χ3n) is 5.53. The summed E-state index contributed by atoms with van der Waals surface area (Å²) in [6.07, 6.45) is 1.59. The van der Waals surface area contributed by atoms with Crippen molar-refractivity contribution in [1.82, 2.24) is 15.3 Å². The molecule has 1 aliphatic carbocycles. The Morgan fingerprint density at radius 2 is 1.97 bits per heavy atom. The van der Waals surface area contributed by atoms with Crippen molar-refractivity contribution in [2.75, 3.05) is 24.4 Å². The second kappa shape index (κ2) is 9.48. The third-order valence-corrected chi connectivity index (χ3v) is 7.29. The SMILES string of the molecule is CC(C)S(=O)(=O)Nc1cccc(C(O)CNCCOn2nc(C3CC3)c3ccccc32)c1. The van der Waals surface area contributed by atoms with Crippen molar-refractivity contribution >= 4 is 26.6 Å². The van der Waals surface area contributed by atoms with Gasteiger partial charge in [0, 0.05) is 30.1 Å². The van der Waals surface area contributed by atoms with Crippen LogP contribution in [0.1, 0.15) is 50.0 Å². The quantitative estimate of drug-likeness (QED) is 0.382. The first-order valence-corrected chi connectivity index (χ1v) is 12.5. The van der Waals surface area contributed by atoms with Crippen LogP contribution in [-0.4, -0.2) is 48.4 Å². The molecule has 32 heavy (non-hydrogen) atoms. The summed E-state index contributed by atoms with van der Waals surface area (Å²) in [5.74, 6) is 0.541. The fourth-order valence-electron chi connectivity index (χ4n) is 3.47. The van der Waals surface area contributed by atoms with E-state index >= 15 is 0 Å². The zero-order valence-electron chi connectivity index (χ0n) is 18.4. The Kier molecular flexibility index (Phi) is 6.68. The van der Waals surface area contributed by atoms with E-state index in [1.807, 2.05) is 18.2 Å². The van der Waals surface area contributed by atoms with E-state index < -0.39 is 21.4 Å². The third kappa shape index (κ3) is 5.23. The van der Waals surface area contributed by atoms with E-state index in [2.05, 4.69) is 21.2 Å². The highest BCUT2D eigenvalue weighted by Crippen LogP contribution is 2.42. The zero-order chi connectivity index (χ0) is 22.7. The summed E-state index contributed by atoms with van der Waals surface area (Å²) < 4.78 is 26.7. The van der Waals surface area contributed by atoms with Crippen LogP contribution in [0.5, 0.6) is 0 Å². The number of nitrogens with one attached hydrogen (secondary N) is 2. The molecular weight excluding hydrogens is 428 g/mol. The number of hydrogen-bond donors (Lipinski definition) is 3. The van der Waals surface area contributed by atoms with E-state index in [0.29, 0.717) is 36.9 Å². The predicted octanol–water partition coefficient (Wildman–Crippen LogP) is 2.82. The van der Waals surface area contributed by atoms with Crippen LogP contribution < -0.4 is 14.9 Å². The number of aromatic nitrogens is 2. The van der Waals surface area contributed by atoms with E-state index in [9.17, 15) is 13.5 Å². The van der Waals surface area contributed by atoms with E-state index in [0.717, 1.165) is 16.6 Å². The first-order valence-electron chi connectivity index (χ1n) is 11.0. The summed E-state index contributed by atoms with van der Waals surface area (Å²) in [5, 5.41) is 18.9. The van der Waals surface area contributed by atoms with Crippen LogP contribution in [0.4, 0.5) is 5.69 Å². The van der Waals surface area contributed by atoms with E-state index in [1.165, 1.54) is 12.8 Å². The molecule has 1 unspecified atom stereocenters. The maximum absolute atomic E-state index is 12.1. The van der Waals surface area contributed by atoms with Gasteiger partial charge in [-0.1, -0.05) is 35.2 Å². The number of anilines is 1. The van der Waals surface area contributed by atoms with Gasteiger partial charge >= 0.3 is 0 Å². The van der Waals surface area contributed by atoms with Gasteiger partial charge in [0.15, 0.2) is 0 Å². The largest absolute Gasteiger partial charge is 0.395 e. The number of aliphatic hydroxyl groups excluding tert-OH is 1. The Bertz CT molecular complexity index is 1170. The molecule has 1 aliphatic rings. The van der Waals surface area contributed by atoms with Gasteiger partial charge in [0.25, 0.3) is 0 Å². The molecule has 9 heteroatoms. The molecule has 0 spiro atoms. The monoisotopic (exact) mass is 458 g/mol. The number of rotatable bonds is 11. The summed E-state index contributed by atoms with van der Waals surface area (Å²) in [4.78, 5) is 7.45. The number of para-hydroxylation sites is 1. The molecule has 0 amide bonds. The van der Waals surface area contributed by atoms with Crippen LogP contribution in [-0.2, 0) is 10.0 Å². The number of fused-ring (bicyclic) bond motifs is 1. The molecule has 1 aromatic heterocycles. The summed E-state index contributed by atoms with van der Waals surface area (Å²) in [7, 11) is -3.43. The highest BCUT2D eigenvalue weighted by atomic mass is 32.2. The van der Waals surface area contributed by atoms with Crippen LogP contribution in [0.15, 0.2) is 48.5 Å². The van der Waals surface area contributed by atoms with Crippen LogP contribution in [0.2, 0.25) is 0 Å². The van der Waals surface area contributed by atoms with Gasteiger partial charge in [0.05, 0.1) is 17.0 Å². The molecule has 0 radical (unpaired) electrons. The molecular formula is C23H30N4O4S. The Labute approximate surface area is 188 Å². The van der Waals surface area contributed by atoms with Gasteiger partial charge in [-0.15, -0.1) is 5.10 Å². The van der Waals surface area contributed by atoms with Crippen LogP contribution >= 0.6 is 0 Å². The van der Waals surface area contributed by atoms with E-state index in [1.54, 1.807) is 43.0 Å². The lowest BCUT2D eigenvalue weighted by Gasteiger charge is -2.15. The highest BCUT2D eigenvalue weighted by molar-refractivity contribution is 7.93. The molecule has 2 aromatic carbocycles. The van der Waals surface area contributed by atoms with Gasteiger partial charge in [-0.3, -0.25) is 4.72 Å². The molecule has 172 valence electrons. The number of aliphatic hydroxyl groups is 1. The fourth-order valence-corrected chi connectivity index (χ4v) is 4.16. The molecule has 1 fully saturated rings. The number of nitrogens with zero attached hydrogens (tertiary/aromatic N) is 2. The smallest absolute Gasteiger partial charge is 0.235 e. The molecule has 3 aromatic rings. The maximum atomic E-state index is 12.1. The normalized spacial score (nSPS) is 15.2. The van der Waals surface area contributed by atoms with Crippen molar-refractivity contribution in [1.29, 1.82) is 0 Å². The van der Waals surface area contributed by atoms with Gasteiger partial charge in [-0.25, -0.2) is 8.42 Å². The molecule has 1 heterocycles. The molecule has 0 bridgehead atoms. The summed E-state index contributed by atoms with van der Waals surface area (Å²) in [6, 6.07) is 14.9. The maximum Gasteiger partial charge on any atom is 0.235 e. The number of sulfonamides is 1. The average molecular weight is 459 g/mol. The lowest BCUT2D eigenvalue weighted by atomic mass is 10.1. The van der Waals surface area contributed by atoms with Crippen molar-refractivity contribution < 1.29 is 18.4 Å². The van der Waals surface area contributed by atoms with Crippen LogP contribution in [0.25, 0.3) is 10.9 Å². The average Bonchev–Trinajstić information content (AvgIpc) is 3.55. The Hall–Kier alpha value is -2.62. The fraction of sp³-hybridized carbons (Fsp3) is 0.435. The topological polar surface area (TPSA) is 105 Å². The zero-order valence-corrected chi connectivity index (χ0v) is 19.2. The molecule has 8 nitrogen and oxygen atoms in total. The second-order valence-corrected chi connectivity index (χ2v) is 10.7. The minimum Gasteiger partial charge on any atom is -0.395 e. The van der Waals surface area contributed by atoms with Crippen molar-refractivity contribution in [2.45, 2.75) is 44.0 Å². The van der Waals surface area contributed by atoms with Crippen LogP contribution in [0, 0.1) is 0 Å². The second-order valence-electron chi connectivity index (χ2n) is 8.42. The molecule has 0 saturated heterocycles.